The van der Waals surface area contributed by atoms with Crippen molar-refractivity contribution in [3.05, 3.63) is 77.5 Å². The van der Waals surface area contributed by atoms with Crippen LogP contribution in [0, 0.1) is 11.6 Å². The number of hydrogen-bond donors (Lipinski definition) is 2. The highest BCUT2D eigenvalue weighted by Gasteiger charge is 2.21. The molecule has 0 bridgehead atoms. The average molecular weight is 466 g/mol. The third-order valence-electron chi connectivity index (χ3n) is 5.97. The number of benzene rings is 2. The molecule has 0 saturated carbocycles. The van der Waals surface area contributed by atoms with Crippen molar-refractivity contribution in [1.82, 2.24) is 20.2 Å². The highest BCUT2D eigenvalue weighted by molar-refractivity contribution is 5.61. The molecule has 1 atom stereocenters. The summed E-state index contributed by atoms with van der Waals surface area (Å²) < 4.78 is 26.7. The molecule has 2 N–H and O–H groups in total. The lowest BCUT2D eigenvalue weighted by molar-refractivity contribution is -0.108. The average Bonchev–Trinajstić information content (AvgIpc) is 2.83. The van der Waals surface area contributed by atoms with E-state index in [2.05, 4.69) is 37.6 Å². The van der Waals surface area contributed by atoms with Gasteiger partial charge in [-0.15, -0.1) is 0 Å². The minimum atomic E-state index is -0.580. The van der Waals surface area contributed by atoms with E-state index in [-0.39, 0.29) is 0 Å². The van der Waals surface area contributed by atoms with E-state index in [1.165, 1.54) is 17.7 Å². The van der Waals surface area contributed by atoms with E-state index in [9.17, 15) is 13.6 Å². The molecule has 3 aromatic rings. The van der Waals surface area contributed by atoms with E-state index in [1.807, 2.05) is 18.2 Å². The van der Waals surface area contributed by atoms with Gasteiger partial charge in [-0.1, -0.05) is 18.2 Å². The van der Waals surface area contributed by atoms with E-state index in [1.54, 1.807) is 6.20 Å². The normalized spacial score (nSPS) is 16.4. The van der Waals surface area contributed by atoms with Crippen molar-refractivity contribution in [2.75, 3.05) is 31.5 Å². The fourth-order valence-electron chi connectivity index (χ4n) is 4.30. The van der Waals surface area contributed by atoms with Gasteiger partial charge in [-0.3, -0.25) is 4.90 Å². The zero-order valence-corrected chi connectivity index (χ0v) is 19.0. The van der Waals surface area contributed by atoms with Crippen molar-refractivity contribution in [3.63, 3.8) is 0 Å². The molecule has 0 aliphatic carbocycles. The maximum absolute atomic E-state index is 13.4. The lowest BCUT2D eigenvalue weighted by Gasteiger charge is -2.36. The molecule has 1 aliphatic rings. The molecule has 8 heteroatoms. The van der Waals surface area contributed by atoms with E-state index in [0.29, 0.717) is 36.9 Å². The summed E-state index contributed by atoms with van der Waals surface area (Å²) >= 11 is 0. The third-order valence-corrected chi connectivity index (χ3v) is 5.97. The van der Waals surface area contributed by atoms with Crippen LogP contribution in [0.25, 0.3) is 11.3 Å². The lowest BCUT2D eigenvalue weighted by atomic mass is 10.0. The zero-order chi connectivity index (χ0) is 23.8. The van der Waals surface area contributed by atoms with Gasteiger partial charge in [0.1, 0.15) is 17.9 Å². The predicted octanol–water partition coefficient (Wildman–Crippen LogP) is 3.83. The summed E-state index contributed by atoms with van der Waals surface area (Å²) in [6.45, 7) is 4.07. The SMILES string of the molecule is O=CCCC1CNCCN1Cc1cccc(-c2ccnc(NCCc3cc(F)cc(F)c3)n2)c1. The Morgan fingerprint density at radius 1 is 1.12 bits per heavy atom. The number of aromatic nitrogens is 2. The molecule has 1 aromatic heterocycles. The first-order chi connectivity index (χ1) is 16.6. The van der Waals surface area contributed by atoms with Crippen molar-refractivity contribution < 1.29 is 13.6 Å². The van der Waals surface area contributed by atoms with Gasteiger partial charge in [-0.2, -0.15) is 0 Å². The van der Waals surface area contributed by atoms with Crippen LogP contribution in [0.2, 0.25) is 0 Å². The van der Waals surface area contributed by atoms with Gasteiger partial charge in [0.25, 0.3) is 0 Å². The second-order valence-corrected chi connectivity index (χ2v) is 8.49. The topological polar surface area (TPSA) is 70.2 Å². The first-order valence-corrected chi connectivity index (χ1v) is 11.6. The number of nitrogens with zero attached hydrogens (tertiary/aromatic N) is 3. The molecule has 1 fully saturated rings. The highest BCUT2D eigenvalue weighted by atomic mass is 19.1. The summed E-state index contributed by atoms with van der Waals surface area (Å²) in [5.74, 6) is -0.691. The fraction of sp³-hybridized carbons (Fsp3) is 0.346. The molecule has 1 aliphatic heterocycles. The number of halogens is 2. The molecule has 178 valence electrons. The smallest absolute Gasteiger partial charge is 0.223 e. The summed E-state index contributed by atoms with van der Waals surface area (Å²) in [5, 5.41) is 6.55. The molecule has 1 saturated heterocycles. The van der Waals surface area contributed by atoms with Crippen LogP contribution in [-0.4, -0.2) is 53.4 Å². The van der Waals surface area contributed by atoms with Crippen LogP contribution in [0.1, 0.15) is 24.0 Å². The van der Waals surface area contributed by atoms with E-state index < -0.39 is 11.6 Å². The van der Waals surface area contributed by atoms with Crippen molar-refractivity contribution in [3.8, 4) is 11.3 Å². The Morgan fingerprint density at radius 2 is 1.97 bits per heavy atom. The minimum absolute atomic E-state index is 0.351. The summed E-state index contributed by atoms with van der Waals surface area (Å²) in [6.07, 6.45) is 4.58. The van der Waals surface area contributed by atoms with Crippen LogP contribution in [0.15, 0.2) is 54.7 Å². The predicted molar refractivity (Wildman–Crippen MR) is 128 cm³/mol. The second-order valence-electron chi connectivity index (χ2n) is 8.49. The maximum Gasteiger partial charge on any atom is 0.223 e. The summed E-state index contributed by atoms with van der Waals surface area (Å²) in [5.41, 5.74) is 3.56. The first-order valence-electron chi connectivity index (χ1n) is 11.6. The van der Waals surface area contributed by atoms with Crippen LogP contribution in [-0.2, 0) is 17.8 Å². The molecular formula is C26H29F2N5O. The number of hydrogen-bond acceptors (Lipinski definition) is 6. The zero-order valence-electron chi connectivity index (χ0n) is 19.0. The second kappa shape index (κ2) is 11.8. The van der Waals surface area contributed by atoms with Gasteiger partial charge in [0.15, 0.2) is 0 Å². The molecule has 4 rings (SSSR count). The van der Waals surface area contributed by atoms with Crippen molar-refractivity contribution >= 4 is 12.2 Å². The Labute approximate surface area is 198 Å². The molecule has 34 heavy (non-hydrogen) atoms. The Bertz CT molecular complexity index is 1090. The van der Waals surface area contributed by atoms with Crippen LogP contribution in [0.4, 0.5) is 14.7 Å². The molecule has 0 spiro atoms. The number of rotatable bonds is 10. The Balaban J connectivity index is 1.40. The molecule has 2 heterocycles. The van der Waals surface area contributed by atoms with Crippen LogP contribution < -0.4 is 10.6 Å². The van der Waals surface area contributed by atoms with Gasteiger partial charge in [-0.05, 0) is 48.2 Å². The van der Waals surface area contributed by atoms with Crippen LogP contribution in [0.3, 0.4) is 0 Å². The monoisotopic (exact) mass is 465 g/mol. The standard InChI is InChI=1S/C26H29F2N5O/c27-22-14-19(15-23(28)16-22)6-8-30-26-31-9-7-25(32-26)21-4-1-3-20(13-21)18-33-11-10-29-17-24(33)5-2-12-34/h1,3-4,7,9,12-16,24,29H,2,5-6,8,10-11,17-18H2,(H,30,31,32). The Hall–Kier alpha value is -3.23. The van der Waals surface area contributed by atoms with Gasteiger partial charge < -0.3 is 15.4 Å². The number of carbonyl (C=O) groups is 1. The van der Waals surface area contributed by atoms with Gasteiger partial charge >= 0.3 is 0 Å². The molecular weight excluding hydrogens is 436 g/mol. The van der Waals surface area contributed by atoms with E-state index in [0.717, 1.165) is 56.2 Å². The first kappa shape index (κ1) is 23.9. The van der Waals surface area contributed by atoms with Crippen molar-refractivity contribution in [2.45, 2.75) is 31.8 Å². The third kappa shape index (κ3) is 6.65. The number of anilines is 1. The largest absolute Gasteiger partial charge is 0.354 e. The summed E-state index contributed by atoms with van der Waals surface area (Å²) in [7, 11) is 0. The maximum atomic E-state index is 13.4. The Morgan fingerprint density at radius 3 is 2.79 bits per heavy atom. The van der Waals surface area contributed by atoms with Crippen molar-refractivity contribution in [1.29, 1.82) is 0 Å². The summed E-state index contributed by atoms with van der Waals surface area (Å²) in [4.78, 5) is 22.1. The molecule has 0 radical (unpaired) electrons. The molecule has 0 amide bonds. The van der Waals surface area contributed by atoms with Crippen LogP contribution in [0.5, 0.6) is 0 Å². The highest BCUT2D eigenvalue weighted by Crippen LogP contribution is 2.21. The molecule has 1 unspecified atom stereocenters. The lowest BCUT2D eigenvalue weighted by Crippen LogP contribution is -2.50. The number of aldehydes is 1. The van der Waals surface area contributed by atoms with Crippen molar-refractivity contribution in [2.24, 2.45) is 0 Å². The number of carbonyl (C=O) groups excluding carboxylic acids is 1. The van der Waals surface area contributed by atoms with Gasteiger partial charge in [0.2, 0.25) is 5.95 Å². The van der Waals surface area contributed by atoms with E-state index in [4.69, 9.17) is 0 Å². The minimum Gasteiger partial charge on any atom is -0.354 e. The van der Waals surface area contributed by atoms with Crippen LogP contribution >= 0.6 is 0 Å². The molecule has 6 nitrogen and oxygen atoms in total. The van der Waals surface area contributed by atoms with Gasteiger partial charge in [-0.25, -0.2) is 18.7 Å². The number of nitrogens with one attached hydrogen (secondary N) is 2. The quantitative estimate of drug-likeness (QED) is 0.444. The van der Waals surface area contributed by atoms with Gasteiger partial charge in [0.05, 0.1) is 5.69 Å². The fourth-order valence-corrected chi connectivity index (χ4v) is 4.30. The number of piperazine rings is 1. The summed E-state index contributed by atoms with van der Waals surface area (Å²) in [6, 6.07) is 14.0. The Kier molecular flexibility index (Phi) is 8.27. The molecule has 2 aromatic carbocycles. The van der Waals surface area contributed by atoms with E-state index >= 15 is 0 Å². The van der Waals surface area contributed by atoms with Gasteiger partial charge in [0, 0.05) is 63.0 Å².